The molecule has 6 heteroatoms. The number of fused-ring (bicyclic) bond motifs is 1. The highest BCUT2D eigenvalue weighted by Crippen LogP contribution is 2.25. The molecular weight excluding hydrogens is 338 g/mol. The fourth-order valence-electron chi connectivity index (χ4n) is 3.21. The highest BCUT2D eigenvalue weighted by Gasteiger charge is 2.19. The Balaban J connectivity index is 1.81. The van der Waals surface area contributed by atoms with Crippen LogP contribution < -0.4 is 5.32 Å². The molecule has 0 saturated heterocycles. The van der Waals surface area contributed by atoms with Crippen molar-refractivity contribution >= 4 is 22.6 Å². The van der Waals surface area contributed by atoms with Gasteiger partial charge in [0.1, 0.15) is 0 Å². The first kappa shape index (κ1) is 16.9. The van der Waals surface area contributed by atoms with Gasteiger partial charge in [-0.2, -0.15) is 5.10 Å². The van der Waals surface area contributed by atoms with E-state index in [0.717, 1.165) is 33.5 Å². The lowest BCUT2D eigenvalue weighted by atomic mass is 10.1. The van der Waals surface area contributed by atoms with E-state index in [2.05, 4.69) is 20.4 Å². The Bertz CT molecular complexity index is 1130. The molecule has 3 heterocycles. The van der Waals surface area contributed by atoms with Crippen LogP contribution in [0.1, 0.15) is 27.0 Å². The largest absolute Gasteiger partial charge is 0.321 e. The van der Waals surface area contributed by atoms with Crippen LogP contribution in [-0.2, 0) is 0 Å². The molecule has 4 aromatic rings. The normalized spacial score (nSPS) is 10.9. The summed E-state index contributed by atoms with van der Waals surface area (Å²) in [4.78, 5) is 21.8. The predicted molar refractivity (Wildman–Crippen MR) is 105 cm³/mol. The fourth-order valence-corrected chi connectivity index (χ4v) is 3.21. The third kappa shape index (κ3) is 2.95. The number of carbonyl (C=O) groups excluding carboxylic acids is 1. The first-order valence-corrected chi connectivity index (χ1v) is 8.67. The van der Waals surface area contributed by atoms with Crippen molar-refractivity contribution in [3.05, 3.63) is 77.4 Å². The van der Waals surface area contributed by atoms with Gasteiger partial charge < -0.3 is 5.32 Å². The molecule has 0 unspecified atom stereocenters. The zero-order valence-corrected chi connectivity index (χ0v) is 15.4. The van der Waals surface area contributed by atoms with Crippen LogP contribution in [-0.4, -0.2) is 25.7 Å². The molecule has 0 aliphatic rings. The first-order chi connectivity index (χ1) is 13.1. The maximum atomic E-state index is 13.1. The van der Waals surface area contributed by atoms with Crippen molar-refractivity contribution in [2.45, 2.75) is 20.8 Å². The summed E-state index contributed by atoms with van der Waals surface area (Å²) in [5.41, 5.74) is 5.57. The maximum Gasteiger partial charge on any atom is 0.256 e. The van der Waals surface area contributed by atoms with Gasteiger partial charge in [-0.15, -0.1) is 0 Å². The van der Waals surface area contributed by atoms with E-state index in [1.54, 1.807) is 29.5 Å². The number of hydrogen-bond acceptors (Lipinski definition) is 4. The maximum absolute atomic E-state index is 13.1. The number of benzene rings is 1. The molecular formula is C21H19N5O. The summed E-state index contributed by atoms with van der Waals surface area (Å²) < 4.78 is 1.74. The summed E-state index contributed by atoms with van der Waals surface area (Å²) in [6.45, 7) is 5.74. The summed E-state index contributed by atoms with van der Waals surface area (Å²) in [6, 6.07) is 9.75. The number of amides is 1. The molecule has 6 nitrogen and oxygen atoms in total. The van der Waals surface area contributed by atoms with E-state index < -0.39 is 0 Å². The second kappa shape index (κ2) is 6.64. The Morgan fingerprint density at radius 2 is 1.63 bits per heavy atom. The molecule has 1 amide bonds. The molecule has 0 aliphatic carbocycles. The molecule has 3 aromatic heterocycles. The number of anilines is 1. The Labute approximate surface area is 156 Å². The molecule has 0 spiro atoms. The second-order valence-electron chi connectivity index (χ2n) is 6.55. The van der Waals surface area contributed by atoms with Gasteiger partial charge in [0, 0.05) is 24.3 Å². The molecule has 4 rings (SSSR count). The van der Waals surface area contributed by atoms with Crippen LogP contribution >= 0.6 is 0 Å². The predicted octanol–water partition coefficient (Wildman–Crippen LogP) is 3.99. The van der Waals surface area contributed by atoms with Crippen molar-refractivity contribution in [2.24, 2.45) is 0 Å². The first-order valence-electron chi connectivity index (χ1n) is 8.67. The molecule has 0 bridgehead atoms. The van der Waals surface area contributed by atoms with Crippen LogP contribution in [0.4, 0.5) is 5.69 Å². The number of hydrogen-bond donors (Lipinski definition) is 1. The van der Waals surface area contributed by atoms with Crippen molar-refractivity contribution in [2.75, 3.05) is 5.32 Å². The second-order valence-corrected chi connectivity index (χ2v) is 6.55. The molecule has 1 aromatic carbocycles. The van der Waals surface area contributed by atoms with Crippen LogP contribution in [0.2, 0.25) is 0 Å². The van der Waals surface area contributed by atoms with E-state index in [1.165, 1.54) is 0 Å². The number of nitrogens with one attached hydrogen (secondary N) is 1. The molecule has 27 heavy (non-hydrogen) atoms. The standard InChI is InChI=1S/C21H19N5O/c1-13-11-23-20-17(12-24-26(20)16-7-5-4-6-8-16)18(13)21(27)25-19-14(2)9-22-10-15(19)3/h4-12H,1-3H3,(H,22,25,27). The van der Waals surface area contributed by atoms with Gasteiger partial charge in [-0.25, -0.2) is 9.67 Å². The minimum atomic E-state index is -0.176. The van der Waals surface area contributed by atoms with Crippen molar-refractivity contribution in [3.63, 3.8) is 0 Å². The Kier molecular flexibility index (Phi) is 4.16. The zero-order chi connectivity index (χ0) is 19.0. The van der Waals surface area contributed by atoms with Gasteiger partial charge in [-0.1, -0.05) is 18.2 Å². The van der Waals surface area contributed by atoms with Gasteiger partial charge in [0.2, 0.25) is 0 Å². The monoisotopic (exact) mass is 357 g/mol. The smallest absolute Gasteiger partial charge is 0.256 e. The summed E-state index contributed by atoms with van der Waals surface area (Å²) >= 11 is 0. The zero-order valence-electron chi connectivity index (χ0n) is 15.4. The number of para-hydroxylation sites is 1. The fraction of sp³-hybridized carbons (Fsp3) is 0.143. The summed E-state index contributed by atoms with van der Waals surface area (Å²) in [6.07, 6.45) is 6.89. The Morgan fingerprint density at radius 1 is 0.926 bits per heavy atom. The average molecular weight is 357 g/mol. The van der Waals surface area contributed by atoms with Crippen molar-refractivity contribution in [1.29, 1.82) is 0 Å². The quantitative estimate of drug-likeness (QED) is 0.602. The molecule has 0 radical (unpaired) electrons. The van der Waals surface area contributed by atoms with Crippen molar-refractivity contribution in [3.8, 4) is 5.69 Å². The highest BCUT2D eigenvalue weighted by atomic mass is 16.1. The van der Waals surface area contributed by atoms with Crippen molar-refractivity contribution in [1.82, 2.24) is 19.7 Å². The molecule has 0 fully saturated rings. The van der Waals surface area contributed by atoms with Crippen LogP contribution in [0.5, 0.6) is 0 Å². The number of aromatic nitrogens is 4. The minimum absolute atomic E-state index is 0.176. The number of rotatable bonds is 3. The molecule has 0 atom stereocenters. The van der Waals surface area contributed by atoms with E-state index in [1.807, 2.05) is 51.1 Å². The molecule has 134 valence electrons. The van der Waals surface area contributed by atoms with Crippen LogP contribution in [0, 0.1) is 20.8 Å². The number of aryl methyl sites for hydroxylation is 3. The van der Waals surface area contributed by atoms with Crippen LogP contribution in [0.3, 0.4) is 0 Å². The SMILES string of the molecule is Cc1cncc(C)c1NC(=O)c1c(C)cnc2c1cnn2-c1ccccc1. The van der Waals surface area contributed by atoms with Gasteiger partial charge in [-0.3, -0.25) is 9.78 Å². The summed E-state index contributed by atoms with van der Waals surface area (Å²) in [7, 11) is 0. The van der Waals surface area contributed by atoms with E-state index in [-0.39, 0.29) is 5.91 Å². The van der Waals surface area contributed by atoms with Gasteiger partial charge in [0.25, 0.3) is 5.91 Å². The van der Waals surface area contributed by atoms with E-state index in [0.29, 0.717) is 11.2 Å². The topological polar surface area (TPSA) is 72.7 Å². The Hall–Kier alpha value is -3.54. The van der Waals surface area contributed by atoms with Crippen molar-refractivity contribution < 1.29 is 4.79 Å². The van der Waals surface area contributed by atoms with Gasteiger partial charge in [0.05, 0.1) is 22.8 Å². The summed E-state index contributed by atoms with van der Waals surface area (Å²) in [5.74, 6) is -0.176. The van der Waals surface area contributed by atoms with Gasteiger partial charge >= 0.3 is 0 Å². The third-order valence-corrected chi connectivity index (χ3v) is 4.58. The molecule has 1 N–H and O–H groups in total. The lowest BCUT2D eigenvalue weighted by Crippen LogP contribution is -2.16. The number of nitrogens with zero attached hydrogens (tertiary/aromatic N) is 4. The van der Waals surface area contributed by atoms with E-state index >= 15 is 0 Å². The highest BCUT2D eigenvalue weighted by molar-refractivity contribution is 6.13. The lowest BCUT2D eigenvalue weighted by Gasteiger charge is -2.13. The molecule has 0 aliphatic heterocycles. The van der Waals surface area contributed by atoms with Gasteiger partial charge in [0.15, 0.2) is 5.65 Å². The van der Waals surface area contributed by atoms with Gasteiger partial charge in [-0.05, 0) is 49.6 Å². The average Bonchev–Trinajstić information content (AvgIpc) is 3.09. The molecule has 0 saturated carbocycles. The Morgan fingerprint density at radius 3 is 2.33 bits per heavy atom. The van der Waals surface area contributed by atoms with Crippen LogP contribution in [0.25, 0.3) is 16.7 Å². The number of pyridine rings is 2. The number of carbonyl (C=O) groups is 1. The minimum Gasteiger partial charge on any atom is -0.321 e. The van der Waals surface area contributed by atoms with E-state index in [4.69, 9.17) is 0 Å². The summed E-state index contributed by atoms with van der Waals surface area (Å²) in [5, 5.41) is 8.21. The lowest BCUT2D eigenvalue weighted by molar-refractivity contribution is 0.102. The van der Waals surface area contributed by atoms with Crippen LogP contribution in [0.15, 0.2) is 55.1 Å². The third-order valence-electron chi connectivity index (χ3n) is 4.58. The van der Waals surface area contributed by atoms with E-state index in [9.17, 15) is 4.79 Å².